The molecule has 0 bridgehead atoms. The molecule has 3 aromatic rings. The lowest BCUT2D eigenvalue weighted by Gasteiger charge is -2.09. The number of rotatable bonds is 2. The number of aliphatic hydroxyl groups is 1. The molecule has 0 aliphatic carbocycles. The fraction of sp³-hybridized carbons (Fsp3) is 0.0667. The minimum absolute atomic E-state index is 0.570. The Morgan fingerprint density at radius 3 is 2.47 bits per heavy atom. The first kappa shape index (κ1) is 10.1. The standard InChI is InChI=1S/C15H12O2/c16-15(14-6-3-9-17-14)13-8-7-11-4-1-2-5-12(11)10-13/h1-10,15-16H. The third-order valence-electron chi connectivity index (χ3n) is 2.90. The first-order valence-electron chi connectivity index (χ1n) is 5.55. The number of hydrogen-bond donors (Lipinski definition) is 1. The molecule has 84 valence electrons. The van der Waals surface area contributed by atoms with E-state index in [1.54, 1.807) is 18.4 Å². The van der Waals surface area contributed by atoms with Gasteiger partial charge in [-0.3, -0.25) is 0 Å². The Morgan fingerprint density at radius 1 is 0.882 bits per heavy atom. The Balaban J connectivity index is 2.06. The molecule has 1 unspecified atom stereocenters. The van der Waals surface area contributed by atoms with Crippen LogP contribution in [-0.4, -0.2) is 5.11 Å². The summed E-state index contributed by atoms with van der Waals surface area (Å²) in [5, 5.41) is 12.4. The van der Waals surface area contributed by atoms with Crippen LogP contribution >= 0.6 is 0 Å². The summed E-state index contributed by atoms with van der Waals surface area (Å²) in [5.41, 5.74) is 0.846. The Kier molecular flexibility index (Phi) is 2.42. The summed E-state index contributed by atoms with van der Waals surface area (Å²) >= 11 is 0. The summed E-state index contributed by atoms with van der Waals surface area (Å²) in [5.74, 6) is 0.570. The summed E-state index contributed by atoms with van der Waals surface area (Å²) in [7, 11) is 0. The molecule has 0 saturated carbocycles. The van der Waals surface area contributed by atoms with Gasteiger partial charge in [-0.05, 0) is 34.5 Å². The average Bonchev–Trinajstić information content (AvgIpc) is 2.91. The zero-order valence-electron chi connectivity index (χ0n) is 9.21. The summed E-state index contributed by atoms with van der Waals surface area (Å²) < 4.78 is 5.21. The minimum atomic E-state index is -0.699. The number of furan rings is 1. The Hall–Kier alpha value is -2.06. The molecule has 1 N–H and O–H groups in total. The van der Waals surface area contributed by atoms with Crippen LogP contribution < -0.4 is 0 Å². The quantitative estimate of drug-likeness (QED) is 0.722. The fourth-order valence-corrected chi connectivity index (χ4v) is 1.99. The monoisotopic (exact) mass is 224 g/mol. The summed E-state index contributed by atoms with van der Waals surface area (Å²) in [4.78, 5) is 0. The van der Waals surface area contributed by atoms with Gasteiger partial charge in [0.25, 0.3) is 0 Å². The summed E-state index contributed by atoms with van der Waals surface area (Å²) in [6, 6.07) is 17.6. The minimum Gasteiger partial charge on any atom is -0.466 e. The van der Waals surface area contributed by atoms with Gasteiger partial charge in [-0.1, -0.05) is 36.4 Å². The van der Waals surface area contributed by atoms with E-state index in [0.29, 0.717) is 5.76 Å². The van der Waals surface area contributed by atoms with E-state index in [0.717, 1.165) is 10.9 Å². The van der Waals surface area contributed by atoms with Gasteiger partial charge < -0.3 is 9.52 Å². The molecule has 0 spiro atoms. The van der Waals surface area contributed by atoms with E-state index in [4.69, 9.17) is 4.42 Å². The molecule has 0 amide bonds. The fourth-order valence-electron chi connectivity index (χ4n) is 1.99. The molecule has 0 aliphatic heterocycles. The van der Waals surface area contributed by atoms with Crippen molar-refractivity contribution in [2.75, 3.05) is 0 Å². The molecule has 2 heteroatoms. The number of benzene rings is 2. The number of fused-ring (bicyclic) bond motifs is 1. The van der Waals surface area contributed by atoms with Gasteiger partial charge in [0.15, 0.2) is 0 Å². The van der Waals surface area contributed by atoms with Gasteiger partial charge in [0.1, 0.15) is 11.9 Å². The van der Waals surface area contributed by atoms with Crippen LogP contribution in [0.1, 0.15) is 17.4 Å². The smallest absolute Gasteiger partial charge is 0.137 e. The van der Waals surface area contributed by atoms with E-state index in [2.05, 4.69) is 6.07 Å². The molecule has 0 radical (unpaired) electrons. The SMILES string of the molecule is OC(c1ccc2ccccc2c1)c1ccco1. The van der Waals surface area contributed by atoms with Crippen molar-refractivity contribution in [3.63, 3.8) is 0 Å². The maximum atomic E-state index is 10.1. The average molecular weight is 224 g/mol. The van der Waals surface area contributed by atoms with Gasteiger partial charge >= 0.3 is 0 Å². The van der Waals surface area contributed by atoms with Gasteiger partial charge in [0.05, 0.1) is 6.26 Å². The summed E-state index contributed by atoms with van der Waals surface area (Å²) in [6.45, 7) is 0. The van der Waals surface area contributed by atoms with E-state index >= 15 is 0 Å². The Morgan fingerprint density at radius 2 is 1.71 bits per heavy atom. The predicted molar refractivity (Wildman–Crippen MR) is 66.7 cm³/mol. The highest BCUT2D eigenvalue weighted by Crippen LogP contribution is 2.25. The zero-order valence-corrected chi connectivity index (χ0v) is 9.21. The molecule has 2 aromatic carbocycles. The Labute approximate surface area is 99.1 Å². The van der Waals surface area contributed by atoms with Crippen molar-refractivity contribution in [3.05, 3.63) is 72.2 Å². The molecule has 0 aliphatic rings. The zero-order chi connectivity index (χ0) is 11.7. The van der Waals surface area contributed by atoms with Gasteiger partial charge in [-0.2, -0.15) is 0 Å². The molecule has 0 saturated heterocycles. The molecule has 1 atom stereocenters. The maximum absolute atomic E-state index is 10.1. The molecule has 1 aromatic heterocycles. The van der Waals surface area contributed by atoms with E-state index < -0.39 is 6.10 Å². The van der Waals surface area contributed by atoms with E-state index in [1.807, 2.05) is 36.4 Å². The third-order valence-corrected chi connectivity index (χ3v) is 2.90. The molecule has 17 heavy (non-hydrogen) atoms. The predicted octanol–water partition coefficient (Wildman–Crippen LogP) is 3.51. The normalized spacial score (nSPS) is 12.8. The van der Waals surface area contributed by atoms with Crippen molar-refractivity contribution in [3.8, 4) is 0 Å². The number of aliphatic hydroxyl groups excluding tert-OH is 1. The molecular formula is C15H12O2. The van der Waals surface area contributed by atoms with Crippen molar-refractivity contribution >= 4 is 10.8 Å². The second-order valence-electron chi connectivity index (χ2n) is 4.02. The van der Waals surface area contributed by atoms with Crippen LogP contribution in [0.15, 0.2) is 65.3 Å². The molecule has 3 rings (SSSR count). The van der Waals surface area contributed by atoms with Crippen LogP contribution in [-0.2, 0) is 0 Å². The molecule has 1 heterocycles. The maximum Gasteiger partial charge on any atom is 0.137 e. The summed E-state index contributed by atoms with van der Waals surface area (Å²) in [6.07, 6.45) is 0.870. The molecular weight excluding hydrogens is 212 g/mol. The van der Waals surface area contributed by atoms with Crippen molar-refractivity contribution in [1.82, 2.24) is 0 Å². The van der Waals surface area contributed by atoms with Crippen LogP contribution in [0.3, 0.4) is 0 Å². The molecule has 2 nitrogen and oxygen atoms in total. The van der Waals surface area contributed by atoms with Crippen molar-refractivity contribution in [2.45, 2.75) is 6.10 Å². The van der Waals surface area contributed by atoms with Crippen LogP contribution in [0.5, 0.6) is 0 Å². The van der Waals surface area contributed by atoms with Crippen molar-refractivity contribution in [2.24, 2.45) is 0 Å². The lowest BCUT2D eigenvalue weighted by atomic mass is 10.0. The molecule has 0 fully saturated rings. The highest BCUT2D eigenvalue weighted by atomic mass is 16.4. The third kappa shape index (κ3) is 1.83. The highest BCUT2D eigenvalue weighted by molar-refractivity contribution is 5.83. The highest BCUT2D eigenvalue weighted by Gasteiger charge is 2.12. The van der Waals surface area contributed by atoms with Gasteiger partial charge in [-0.15, -0.1) is 0 Å². The second kappa shape index (κ2) is 4.07. The second-order valence-corrected chi connectivity index (χ2v) is 4.02. The van der Waals surface area contributed by atoms with E-state index in [1.165, 1.54) is 5.39 Å². The van der Waals surface area contributed by atoms with Gasteiger partial charge in [0, 0.05) is 0 Å². The first-order chi connectivity index (χ1) is 8.34. The topological polar surface area (TPSA) is 33.4 Å². The van der Waals surface area contributed by atoms with Crippen LogP contribution in [0.25, 0.3) is 10.8 Å². The van der Waals surface area contributed by atoms with Crippen molar-refractivity contribution < 1.29 is 9.52 Å². The first-order valence-corrected chi connectivity index (χ1v) is 5.55. The van der Waals surface area contributed by atoms with Gasteiger partial charge in [-0.25, -0.2) is 0 Å². The van der Waals surface area contributed by atoms with Gasteiger partial charge in [0.2, 0.25) is 0 Å². The van der Waals surface area contributed by atoms with E-state index in [-0.39, 0.29) is 0 Å². The largest absolute Gasteiger partial charge is 0.466 e. The van der Waals surface area contributed by atoms with Crippen molar-refractivity contribution in [1.29, 1.82) is 0 Å². The van der Waals surface area contributed by atoms with E-state index in [9.17, 15) is 5.11 Å². The Bertz CT molecular complexity index is 626. The van der Waals surface area contributed by atoms with Crippen LogP contribution in [0.2, 0.25) is 0 Å². The van der Waals surface area contributed by atoms with Crippen LogP contribution in [0, 0.1) is 0 Å². The lowest BCUT2D eigenvalue weighted by molar-refractivity contribution is 0.189. The number of hydrogen-bond acceptors (Lipinski definition) is 2. The lowest BCUT2D eigenvalue weighted by Crippen LogP contribution is -1.97. The van der Waals surface area contributed by atoms with Crippen LogP contribution in [0.4, 0.5) is 0 Å².